The van der Waals surface area contributed by atoms with Crippen LogP contribution in [-0.4, -0.2) is 21.4 Å². The molecule has 2 amide bonds. The predicted octanol–water partition coefficient (Wildman–Crippen LogP) is 2.38. The van der Waals surface area contributed by atoms with Crippen LogP contribution < -0.4 is 16.6 Å². The third kappa shape index (κ3) is 3.28. The number of primary amides is 1. The van der Waals surface area contributed by atoms with E-state index in [-0.39, 0.29) is 17.7 Å². The number of hydrogen-bond donors (Lipinski definition) is 2. The van der Waals surface area contributed by atoms with Crippen LogP contribution in [0.25, 0.3) is 10.2 Å². The van der Waals surface area contributed by atoms with E-state index in [1.807, 2.05) is 0 Å². The Morgan fingerprint density at radius 1 is 1.44 bits per heavy atom. The Balaban J connectivity index is 1.62. The molecule has 27 heavy (non-hydrogen) atoms. The normalized spacial score (nSPS) is 16.3. The van der Waals surface area contributed by atoms with Crippen LogP contribution in [-0.2, 0) is 24.2 Å². The van der Waals surface area contributed by atoms with Crippen molar-refractivity contribution in [3.05, 3.63) is 44.1 Å². The van der Waals surface area contributed by atoms with Crippen LogP contribution in [0.3, 0.4) is 0 Å². The topological polar surface area (TPSA) is 107 Å². The van der Waals surface area contributed by atoms with Gasteiger partial charge in [0.05, 0.1) is 17.3 Å². The Kier molecular flexibility index (Phi) is 4.56. The summed E-state index contributed by atoms with van der Waals surface area (Å²) in [6.45, 7) is 2.05. The van der Waals surface area contributed by atoms with Gasteiger partial charge < -0.3 is 11.1 Å². The van der Waals surface area contributed by atoms with E-state index in [2.05, 4.69) is 17.2 Å². The van der Waals surface area contributed by atoms with Gasteiger partial charge in [0.25, 0.3) is 11.5 Å². The van der Waals surface area contributed by atoms with Gasteiger partial charge in [0.2, 0.25) is 5.91 Å². The molecule has 0 saturated carbocycles. The summed E-state index contributed by atoms with van der Waals surface area (Å²) < 4.78 is 1.32. The molecule has 3 aromatic rings. The van der Waals surface area contributed by atoms with Crippen LogP contribution in [0.15, 0.2) is 22.6 Å². The number of anilines is 1. The summed E-state index contributed by atoms with van der Waals surface area (Å²) in [4.78, 5) is 43.0. The van der Waals surface area contributed by atoms with Crippen molar-refractivity contribution < 1.29 is 9.59 Å². The molecule has 0 aliphatic heterocycles. The lowest BCUT2D eigenvalue weighted by molar-refractivity contribution is -0.116. The zero-order valence-corrected chi connectivity index (χ0v) is 16.3. The lowest BCUT2D eigenvalue weighted by Crippen LogP contribution is -2.28. The monoisotopic (exact) mass is 402 g/mol. The fourth-order valence-corrected chi connectivity index (χ4v) is 5.55. The molecule has 1 atom stereocenters. The molecule has 0 aromatic carbocycles. The minimum absolute atomic E-state index is 0.168. The fourth-order valence-electron chi connectivity index (χ4n) is 3.40. The zero-order valence-electron chi connectivity index (χ0n) is 14.7. The smallest absolute Gasteiger partial charge is 0.262 e. The first-order chi connectivity index (χ1) is 12.9. The van der Waals surface area contributed by atoms with Crippen LogP contribution >= 0.6 is 22.7 Å². The molecule has 0 bridgehead atoms. The second-order valence-corrected chi connectivity index (χ2v) is 8.79. The minimum atomic E-state index is -0.606. The number of aryl methyl sites for hydroxylation is 1. The van der Waals surface area contributed by atoms with Crippen LogP contribution in [0.4, 0.5) is 5.00 Å². The maximum atomic E-state index is 12.9. The Hall–Kier alpha value is -2.52. The average molecular weight is 403 g/mol. The number of nitrogens with two attached hydrogens (primary N) is 1. The molecular formula is C18H18N4O3S2. The van der Waals surface area contributed by atoms with Gasteiger partial charge in [0, 0.05) is 4.88 Å². The Morgan fingerprint density at radius 3 is 3.04 bits per heavy atom. The second kappa shape index (κ2) is 6.90. The van der Waals surface area contributed by atoms with E-state index >= 15 is 0 Å². The Morgan fingerprint density at radius 2 is 2.26 bits per heavy atom. The number of nitrogens with zero attached hydrogens (tertiary/aromatic N) is 2. The molecule has 1 aliphatic rings. The van der Waals surface area contributed by atoms with Gasteiger partial charge >= 0.3 is 0 Å². The molecular weight excluding hydrogens is 384 g/mol. The van der Waals surface area contributed by atoms with Crippen molar-refractivity contribution in [2.24, 2.45) is 11.7 Å². The molecule has 7 nitrogen and oxygen atoms in total. The minimum Gasteiger partial charge on any atom is -0.366 e. The number of rotatable bonds is 4. The first-order valence-corrected chi connectivity index (χ1v) is 10.3. The molecule has 3 aromatic heterocycles. The number of carbonyl (C=O) groups is 2. The van der Waals surface area contributed by atoms with Gasteiger partial charge in [-0.1, -0.05) is 6.92 Å². The van der Waals surface area contributed by atoms with Gasteiger partial charge in [-0.3, -0.25) is 19.0 Å². The average Bonchev–Trinajstić information content (AvgIpc) is 3.21. The zero-order chi connectivity index (χ0) is 19.1. The molecule has 1 unspecified atom stereocenters. The third-order valence-electron chi connectivity index (χ3n) is 4.78. The number of nitrogens with one attached hydrogen (secondary N) is 1. The van der Waals surface area contributed by atoms with Crippen molar-refractivity contribution in [1.82, 2.24) is 9.55 Å². The standard InChI is InChI=1S/C18H18N4O3S2/c1-9-2-3-10-12(6-9)27-17-14(10)18(25)22(8-20-17)7-13(23)21-16-11(15(19)24)4-5-26-16/h4-5,8-9H,2-3,6-7H2,1H3,(H2,19,24)(H,21,23). The quantitative estimate of drug-likeness (QED) is 0.698. The summed E-state index contributed by atoms with van der Waals surface area (Å²) in [6.07, 6.45) is 4.33. The molecule has 4 rings (SSSR count). The number of fused-ring (bicyclic) bond motifs is 3. The van der Waals surface area contributed by atoms with Crippen LogP contribution in [0.5, 0.6) is 0 Å². The van der Waals surface area contributed by atoms with Crippen molar-refractivity contribution >= 4 is 49.7 Å². The highest BCUT2D eigenvalue weighted by Gasteiger charge is 2.23. The van der Waals surface area contributed by atoms with Gasteiger partial charge in [-0.15, -0.1) is 22.7 Å². The molecule has 9 heteroatoms. The lowest BCUT2D eigenvalue weighted by atomic mass is 9.89. The second-order valence-electron chi connectivity index (χ2n) is 6.79. The maximum absolute atomic E-state index is 12.9. The highest BCUT2D eigenvalue weighted by atomic mass is 32.1. The van der Waals surface area contributed by atoms with Crippen LogP contribution in [0, 0.1) is 5.92 Å². The van der Waals surface area contributed by atoms with Crippen LogP contribution in [0.2, 0.25) is 0 Å². The van der Waals surface area contributed by atoms with E-state index in [1.54, 1.807) is 22.8 Å². The Bertz CT molecular complexity index is 1110. The number of hydrogen-bond acceptors (Lipinski definition) is 6. The Labute approximate surface area is 162 Å². The first kappa shape index (κ1) is 17.9. The fraction of sp³-hybridized carbons (Fsp3) is 0.333. The van der Waals surface area contributed by atoms with Crippen molar-refractivity contribution in [3.63, 3.8) is 0 Å². The van der Waals surface area contributed by atoms with E-state index in [4.69, 9.17) is 5.73 Å². The molecule has 0 saturated heterocycles. The van der Waals surface area contributed by atoms with Crippen molar-refractivity contribution in [2.45, 2.75) is 32.7 Å². The molecule has 0 radical (unpaired) electrons. The van der Waals surface area contributed by atoms with Gasteiger partial charge in [0.1, 0.15) is 16.4 Å². The maximum Gasteiger partial charge on any atom is 0.262 e. The molecule has 3 N–H and O–H groups in total. The van der Waals surface area contributed by atoms with Gasteiger partial charge in [-0.05, 0) is 42.2 Å². The first-order valence-electron chi connectivity index (χ1n) is 8.61. The molecule has 0 spiro atoms. The summed E-state index contributed by atoms with van der Waals surface area (Å²) in [5, 5.41) is 5.36. The SMILES string of the molecule is CC1CCc2c(sc3ncn(CC(=O)Nc4sccc4C(N)=O)c(=O)c23)C1. The van der Waals surface area contributed by atoms with E-state index in [1.165, 1.54) is 27.1 Å². The number of carbonyl (C=O) groups excluding carboxylic acids is 2. The van der Waals surface area contributed by atoms with E-state index in [0.717, 1.165) is 29.7 Å². The van der Waals surface area contributed by atoms with E-state index in [9.17, 15) is 14.4 Å². The van der Waals surface area contributed by atoms with Gasteiger partial charge in [-0.25, -0.2) is 4.98 Å². The van der Waals surface area contributed by atoms with Crippen molar-refractivity contribution in [2.75, 3.05) is 5.32 Å². The van der Waals surface area contributed by atoms with Gasteiger partial charge in [-0.2, -0.15) is 0 Å². The highest BCUT2D eigenvalue weighted by Crippen LogP contribution is 2.35. The number of thiophene rings is 2. The van der Waals surface area contributed by atoms with Crippen LogP contribution in [0.1, 0.15) is 34.1 Å². The van der Waals surface area contributed by atoms with Gasteiger partial charge in [0.15, 0.2) is 0 Å². The molecule has 1 aliphatic carbocycles. The highest BCUT2D eigenvalue weighted by molar-refractivity contribution is 7.18. The third-order valence-corrected chi connectivity index (χ3v) is 6.77. The van der Waals surface area contributed by atoms with Crippen molar-refractivity contribution in [3.8, 4) is 0 Å². The summed E-state index contributed by atoms with van der Waals surface area (Å²) in [6, 6.07) is 1.56. The summed E-state index contributed by atoms with van der Waals surface area (Å²) in [5.74, 6) is -0.393. The lowest BCUT2D eigenvalue weighted by Gasteiger charge is -2.17. The van der Waals surface area contributed by atoms with Crippen molar-refractivity contribution in [1.29, 1.82) is 0 Å². The summed E-state index contributed by atoms with van der Waals surface area (Å²) >= 11 is 2.79. The predicted molar refractivity (Wildman–Crippen MR) is 107 cm³/mol. The summed E-state index contributed by atoms with van der Waals surface area (Å²) in [5.41, 5.74) is 6.45. The molecule has 0 fully saturated rings. The largest absolute Gasteiger partial charge is 0.366 e. The number of aromatic nitrogens is 2. The summed E-state index contributed by atoms with van der Waals surface area (Å²) in [7, 11) is 0. The van der Waals surface area contributed by atoms with E-state index < -0.39 is 11.8 Å². The number of amides is 2. The van der Waals surface area contributed by atoms with E-state index in [0.29, 0.717) is 16.3 Å². The molecule has 140 valence electrons. The molecule has 3 heterocycles.